The molecule has 31 heavy (non-hydrogen) atoms. The van der Waals surface area contributed by atoms with Crippen LogP contribution in [0.2, 0.25) is 0 Å². The summed E-state index contributed by atoms with van der Waals surface area (Å²) in [5.74, 6) is 1.40. The molecule has 0 unspecified atom stereocenters. The lowest BCUT2D eigenvalue weighted by atomic mass is 10.3. The highest BCUT2D eigenvalue weighted by Gasteiger charge is 2.19. The van der Waals surface area contributed by atoms with Gasteiger partial charge in [-0.15, -0.1) is 0 Å². The third kappa shape index (κ3) is 4.19. The van der Waals surface area contributed by atoms with E-state index in [9.17, 15) is 4.79 Å². The van der Waals surface area contributed by atoms with Gasteiger partial charge in [-0.05, 0) is 36.4 Å². The molecule has 1 aliphatic heterocycles. The Morgan fingerprint density at radius 1 is 1.16 bits per heavy atom. The Balaban J connectivity index is 1.40. The van der Waals surface area contributed by atoms with Crippen LogP contribution in [0.1, 0.15) is 19.3 Å². The van der Waals surface area contributed by atoms with Crippen LogP contribution in [-0.4, -0.2) is 54.9 Å². The highest BCUT2D eigenvalue weighted by molar-refractivity contribution is 7.08. The summed E-state index contributed by atoms with van der Waals surface area (Å²) in [6.07, 6.45) is 7.68. The fourth-order valence-electron chi connectivity index (χ4n) is 3.64. The number of nitrogens with one attached hydrogen (secondary N) is 2. The van der Waals surface area contributed by atoms with E-state index in [1.807, 2.05) is 33.0 Å². The van der Waals surface area contributed by atoms with Crippen molar-refractivity contribution in [1.29, 1.82) is 0 Å². The van der Waals surface area contributed by atoms with Gasteiger partial charge >= 0.3 is 0 Å². The van der Waals surface area contributed by atoms with E-state index in [-0.39, 0.29) is 5.91 Å². The van der Waals surface area contributed by atoms with E-state index in [2.05, 4.69) is 31.0 Å². The number of pyridine rings is 1. The molecule has 2 N–H and O–H groups in total. The Morgan fingerprint density at radius 3 is 2.84 bits per heavy atom. The minimum Gasteiger partial charge on any atom is -0.368 e. The Hall–Kier alpha value is -3.53. The Morgan fingerprint density at radius 2 is 2.06 bits per heavy atom. The molecule has 1 aliphatic rings. The average Bonchev–Trinajstić information content (AvgIpc) is 3.53. The fraction of sp³-hybridized carbons (Fsp3) is 0.286. The second kappa shape index (κ2) is 8.68. The lowest BCUT2D eigenvalue weighted by Gasteiger charge is -2.15. The summed E-state index contributed by atoms with van der Waals surface area (Å²) in [4.78, 5) is 31.7. The van der Waals surface area contributed by atoms with Gasteiger partial charge in [-0.25, -0.2) is 4.98 Å². The highest BCUT2D eigenvalue weighted by Crippen LogP contribution is 2.25. The summed E-state index contributed by atoms with van der Waals surface area (Å²) in [7, 11) is 0. The van der Waals surface area contributed by atoms with Gasteiger partial charge in [-0.1, -0.05) is 0 Å². The summed E-state index contributed by atoms with van der Waals surface area (Å²) in [5.41, 5.74) is 3.31. The second-order valence-electron chi connectivity index (χ2n) is 7.29. The monoisotopic (exact) mass is 434 g/mol. The van der Waals surface area contributed by atoms with Crippen molar-refractivity contribution < 1.29 is 4.79 Å². The molecule has 4 aromatic rings. The molecule has 1 amide bonds. The zero-order valence-electron chi connectivity index (χ0n) is 16.9. The van der Waals surface area contributed by atoms with E-state index >= 15 is 0 Å². The van der Waals surface area contributed by atoms with Gasteiger partial charge in [-0.2, -0.15) is 21.3 Å². The first-order valence-corrected chi connectivity index (χ1v) is 11.2. The van der Waals surface area contributed by atoms with Gasteiger partial charge in [0.15, 0.2) is 17.0 Å². The second-order valence-corrected chi connectivity index (χ2v) is 8.07. The summed E-state index contributed by atoms with van der Waals surface area (Å²) in [6.45, 7) is 2.31. The lowest BCUT2D eigenvalue weighted by molar-refractivity contribution is -0.127. The molecule has 5 heterocycles. The van der Waals surface area contributed by atoms with Gasteiger partial charge in [0.1, 0.15) is 6.33 Å². The number of aromatic nitrogens is 5. The Labute approximate surface area is 183 Å². The van der Waals surface area contributed by atoms with Gasteiger partial charge in [-0.3, -0.25) is 14.3 Å². The van der Waals surface area contributed by atoms with Crippen LogP contribution in [0.15, 0.2) is 47.7 Å². The minimum absolute atomic E-state index is 0.253. The lowest BCUT2D eigenvalue weighted by Crippen LogP contribution is -2.27. The van der Waals surface area contributed by atoms with Crippen LogP contribution in [0.4, 0.5) is 17.5 Å². The average molecular weight is 435 g/mol. The van der Waals surface area contributed by atoms with Gasteiger partial charge in [0.2, 0.25) is 11.9 Å². The van der Waals surface area contributed by atoms with Gasteiger partial charge in [0.25, 0.3) is 0 Å². The molecule has 1 fully saturated rings. The molecule has 0 atom stereocenters. The number of carbonyl (C=O) groups excluding carboxylic acids is 1. The van der Waals surface area contributed by atoms with Crippen molar-refractivity contribution in [3.63, 3.8) is 0 Å². The number of nitrogens with zero attached hydrogens (tertiary/aromatic N) is 6. The normalized spacial score (nSPS) is 13.8. The molecule has 0 saturated carbocycles. The highest BCUT2D eigenvalue weighted by atomic mass is 32.1. The number of fused-ring (bicyclic) bond motifs is 1. The molecular formula is C21H22N8OS. The molecule has 10 heteroatoms. The van der Waals surface area contributed by atoms with Crippen LogP contribution in [0.25, 0.3) is 16.9 Å². The molecule has 158 valence electrons. The molecule has 9 nitrogen and oxygen atoms in total. The third-order valence-electron chi connectivity index (χ3n) is 5.19. The molecule has 5 rings (SSSR count). The number of carbonyl (C=O) groups is 1. The first-order chi connectivity index (χ1) is 15.3. The molecule has 0 radical (unpaired) electrons. The topological polar surface area (TPSA) is 101 Å². The molecule has 4 aromatic heterocycles. The standard InChI is InChI=1S/C21H22N8OS/c30-17-3-1-10-28(17)11-2-7-23-19-18-20(29(14-24-18)16-6-12-31-13-16)27-21(26-19)25-15-4-8-22-9-5-15/h4-6,8-9,12-14H,1-3,7,10-11H2,(H2,22,23,25,26,27). The molecule has 0 spiro atoms. The molecular weight excluding hydrogens is 412 g/mol. The van der Waals surface area contributed by atoms with Crippen molar-refractivity contribution in [3.8, 4) is 5.69 Å². The predicted molar refractivity (Wildman–Crippen MR) is 121 cm³/mol. The predicted octanol–water partition coefficient (Wildman–Crippen LogP) is 3.44. The number of anilines is 3. The first-order valence-electron chi connectivity index (χ1n) is 10.2. The van der Waals surface area contributed by atoms with Crippen LogP contribution in [0.3, 0.4) is 0 Å². The zero-order chi connectivity index (χ0) is 21.0. The maximum Gasteiger partial charge on any atom is 0.231 e. The number of likely N-dealkylation sites (tertiary alicyclic amines) is 1. The number of thiophene rings is 1. The van der Waals surface area contributed by atoms with Crippen LogP contribution >= 0.6 is 11.3 Å². The Kier molecular flexibility index (Phi) is 5.44. The van der Waals surface area contributed by atoms with Crippen molar-refractivity contribution in [2.45, 2.75) is 19.3 Å². The van der Waals surface area contributed by atoms with Gasteiger partial charge in [0.05, 0.1) is 5.69 Å². The van der Waals surface area contributed by atoms with E-state index in [1.165, 1.54) is 0 Å². The van der Waals surface area contributed by atoms with Crippen molar-refractivity contribution in [2.75, 3.05) is 30.3 Å². The largest absolute Gasteiger partial charge is 0.368 e. The van der Waals surface area contributed by atoms with Gasteiger partial charge < -0.3 is 15.5 Å². The fourth-order valence-corrected chi connectivity index (χ4v) is 4.27. The first kappa shape index (κ1) is 19.4. The SMILES string of the molecule is O=C1CCCN1CCCNc1nc(Nc2ccncc2)nc2c1ncn2-c1ccsc1. The van der Waals surface area contributed by atoms with Crippen LogP contribution in [0.5, 0.6) is 0 Å². The van der Waals surface area contributed by atoms with E-state index in [4.69, 9.17) is 4.98 Å². The molecule has 0 aromatic carbocycles. The molecule has 1 saturated heterocycles. The molecule has 0 aliphatic carbocycles. The number of hydrogen-bond donors (Lipinski definition) is 2. The maximum atomic E-state index is 11.8. The van der Waals surface area contributed by atoms with E-state index in [0.717, 1.165) is 43.0 Å². The third-order valence-corrected chi connectivity index (χ3v) is 5.86. The zero-order valence-corrected chi connectivity index (χ0v) is 17.7. The van der Waals surface area contributed by atoms with Crippen molar-refractivity contribution in [1.82, 2.24) is 29.4 Å². The minimum atomic E-state index is 0.253. The van der Waals surface area contributed by atoms with Crippen LogP contribution in [0, 0.1) is 0 Å². The summed E-state index contributed by atoms with van der Waals surface area (Å²) < 4.78 is 1.96. The van der Waals surface area contributed by atoms with Crippen LogP contribution < -0.4 is 10.6 Å². The quantitative estimate of drug-likeness (QED) is 0.410. The number of amides is 1. The number of imidazole rings is 1. The van der Waals surface area contributed by atoms with Crippen molar-refractivity contribution in [2.24, 2.45) is 0 Å². The van der Waals surface area contributed by atoms with Gasteiger partial charge in [0, 0.05) is 49.5 Å². The van der Waals surface area contributed by atoms with Crippen molar-refractivity contribution in [3.05, 3.63) is 47.7 Å². The Bertz CT molecular complexity index is 1180. The summed E-state index contributed by atoms with van der Waals surface area (Å²) >= 11 is 1.62. The molecule has 0 bridgehead atoms. The summed E-state index contributed by atoms with van der Waals surface area (Å²) in [5, 5.41) is 10.7. The van der Waals surface area contributed by atoms with E-state index in [0.29, 0.717) is 30.2 Å². The number of rotatable bonds is 8. The summed E-state index contributed by atoms with van der Waals surface area (Å²) in [6, 6.07) is 5.76. The van der Waals surface area contributed by atoms with E-state index in [1.54, 1.807) is 30.1 Å². The van der Waals surface area contributed by atoms with Crippen LogP contribution in [-0.2, 0) is 4.79 Å². The maximum absolute atomic E-state index is 11.8. The smallest absolute Gasteiger partial charge is 0.231 e. The van der Waals surface area contributed by atoms with Crippen molar-refractivity contribution >= 4 is 45.9 Å². The number of hydrogen-bond acceptors (Lipinski definition) is 8. The van der Waals surface area contributed by atoms with E-state index < -0.39 is 0 Å².